The summed E-state index contributed by atoms with van der Waals surface area (Å²) < 4.78 is 11.2. The van der Waals surface area contributed by atoms with Crippen molar-refractivity contribution in [3.05, 3.63) is 21.6 Å². The van der Waals surface area contributed by atoms with Crippen molar-refractivity contribution in [1.82, 2.24) is 4.98 Å². The second-order valence-corrected chi connectivity index (χ2v) is 4.76. The Bertz CT molecular complexity index is 548. The summed E-state index contributed by atoms with van der Waals surface area (Å²) >= 11 is 4.74. The summed E-state index contributed by atoms with van der Waals surface area (Å²) in [6.07, 6.45) is 0. The van der Waals surface area contributed by atoms with Crippen LogP contribution in [-0.2, 0) is 0 Å². The number of halogens is 1. The number of hydrogen-bond acceptors (Lipinski definition) is 5. The molecule has 0 aliphatic carbocycles. The predicted molar refractivity (Wildman–Crippen MR) is 65.6 cm³/mol. The van der Waals surface area contributed by atoms with E-state index in [1.807, 2.05) is 11.4 Å². The molecule has 0 saturated heterocycles. The van der Waals surface area contributed by atoms with Gasteiger partial charge in [-0.15, -0.1) is 11.3 Å². The standard InChI is InChI=1S/C10H8BrNO4S/c1-2-15-10-6(9(13)14)12-8(16-10)7-5(11)3-4-17-7/h3-4H,2H2,1H3,(H,13,14). The largest absolute Gasteiger partial charge is 0.476 e. The first-order chi connectivity index (χ1) is 8.13. The smallest absolute Gasteiger partial charge is 0.362 e. The Morgan fingerprint density at radius 1 is 1.71 bits per heavy atom. The lowest BCUT2D eigenvalue weighted by Crippen LogP contribution is -2.01. The van der Waals surface area contributed by atoms with E-state index in [2.05, 4.69) is 20.9 Å². The Balaban J connectivity index is 2.47. The van der Waals surface area contributed by atoms with Gasteiger partial charge in [-0.2, -0.15) is 4.98 Å². The van der Waals surface area contributed by atoms with Crippen LogP contribution in [0.15, 0.2) is 20.3 Å². The molecule has 0 bridgehead atoms. The first-order valence-corrected chi connectivity index (χ1v) is 6.41. The van der Waals surface area contributed by atoms with Crippen LogP contribution in [0.5, 0.6) is 5.95 Å². The monoisotopic (exact) mass is 317 g/mol. The van der Waals surface area contributed by atoms with Crippen molar-refractivity contribution in [3.63, 3.8) is 0 Å². The van der Waals surface area contributed by atoms with Crippen LogP contribution in [0.1, 0.15) is 17.4 Å². The van der Waals surface area contributed by atoms with Crippen LogP contribution in [0.4, 0.5) is 0 Å². The Hall–Kier alpha value is -1.34. The molecular weight excluding hydrogens is 310 g/mol. The summed E-state index contributed by atoms with van der Waals surface area (Å²) in [7, 11) is 0. The van der Waals surface area contributed by atoms with Crippen molar-refractivity contribution in [2.75, 3.05) is 6.61 Å². The molecule has 90 valence electrons. The molecule has 0 unspecified atom stereocenters. The Morgan fingerprint density at radius 2 is 2.47 bits per heavy atom. The van der Waals surface area contributed by atoms with Gasteiger partial charge in [0.25, 0.3) is 0 Å². The molecule has 0 atom stereocenters. The number of hydrogen-bond donors (Lipinski definition) is 1. The highest BCUT2D eigenvalue weighted by Crippen LogP contribution is 2.35. The summed E-state index contributed by atoms with van der Waals surface area (Å²) in [6, 6.07) is 1.84. The lowest BCUT2D eigenvalue weighted by molar-refractivity contribution is 0.0683. The fraction of sp³-hybridized carbons (Fsp3) is 0.200. The van der Waals surface area contributed by atoms with E-state index in [1.165, 1.54) is 11.3 Å². The Labute approximate surface area is 109 Å². The molecule has 1 N–H and O–H groups in total. The van der Waals surface area contributed by atoms with Gasteiger partial charge in [0, 0.05) is 4.47 Å². The van der Waals surface area contributed by atoms with Crippen LogP contribution in [0.3, 0.4) is 0 Å². The summed E-state index contributed by atoms with van der Waals surface area (Å²) in [4.78, 5) is 15.6. The van der Waals surface area contributed by atoms with E-state index in [0.717, 1.165) is 9.35 Å². The average molecular weight is 318 g/mol. The fourth-order valence-electron chi connectivity index (χ4n) is 1.21. The van der Waals surface area contributed by atoms with Crippen molar-refractivity contribution in [1.29, 1.82) is 0 Å². The first-order valence-electron chi connectivity index (χ1n) is 4.73. The maximum absolute atomic E-state index is 11.0. The quantitative estimate of drug-likeness (QED) is 0.937. The van der Waals surface area contributed by atoms with Crippen molar-refractivity contribution < 1.29 is 19.1 Å². The summed E-state index contributed by atoms with van der Waals surface area (Å²) in [5.41, 5.74) is -0.206. The number of thiophene rings is 1. The molecule has 0 radical (unpaired) electrons. The Kier molecular flexibility index (Phi) is 3.49. The van der Waals surface area contributed by atoms with Gasteiger partial charge in [0.2, 0.25) is 11.6 Å². The normalized spacial score (nSPS) is 10.5. The van der Waals surface area contributed by atoms with Crippen molar-refractivity contribution in [2.45, 2.75) is 6.92 Å². The van der Waals surface area contributed by atoms with Gasteiger partial charge in [0.05, 0.1) is 6.61 Å². The van der Waals surface area contributed by atoms with Gasteiger partial charge in [-0.3, -0.25) is 0 Å². The molecule has 2 heterocycles. The van der Waals surface area contributed by atoms with E-state index in [1.54, 1.807) is 6.92 Å². The molecule has 2 rings (SSSR count). The van der Waals surface area contributed by atoms with Crippen molar-refractivity contribution in [3.8, 4) is 16.7 Å². The maximum Gasteiger partial charge on any atom is 0.362 e. The molecule has 0 spiro atoms. The van der Waals surface area contributed by atoms with Gasteiger partial charge in [-0.1, -0.05) is 0 Å². The second kappa shape index (κ2) is 4.89. The van der Waals surface area contributed by atoms with Crippen LogP contribution in [0, 0.1) is 0 Å². The number of aromatic carboxylic acids is 1. The SMILES string of the molecule is CCOc1oc(-c2sccc2Br)nc1C(=O)O. The molecule has 0 aliphatic rings. The van der Waals surface area contributed by atoms with Crippen LogP contribution < -0.4 is 4.74 Å². The zero-order chi connectivity index (χ0) is 12.4. The van der Waals surface area contributed by atoms with E-state index >= 15 is 0 Å². The second-order valence-electron chi connectivity index (χ2n) is 2.99. The van der Waals surface area contributed by atoms with Crippen molar-refractivity contribution in [2.24, 2.45) is 0 Å². The van der Waals surface area contributed by atoms with Gasteiger partial charge in [0.1, 0.15) is 4.88 Å². The van der Waals surface area contributed by atoms with Crippen LogP contribution in [0.25, 0.3) is 10.8 Å². The molecule has 0 amide bonds. The Morgan fingerprint density at radius 3 is 3.00 bits per heavy atom. The number of carboxylic acids is 1. The number of carbonyl (C=O) groups is 1. The van der Waals surface area contributed by atoms with Gasteiger partial charge in [-0.05, 0) is 34.3 Å². The lowest BCUT2D eigenvalue weighted by Gasteiger charge is -1.96. The third kappa shape index (κ3) is 2.34. The van der Waals surface area contributed by atoms with Gasteiger partial charge in [0.15, 0.2) is 0 Å². The minimum Gasteiger partial charge on any atom is -0.476 e. The van der Waals surface area contributed by atoms with Gasteiger partial charge >= 0.3 is 11.9 Å². The maximum atomic E-state index is 11.0. The summed E-state index contributed by atoms with van der Waals surface area (Å²) in [5, 5.41) is 10.8. The van der Waals surface area contributed by atoms with Crippen molar-refractivity contribution >= 4 is 33.2 Å². The van der Waals surface area contributed by atoms with Crippen LogP contribution in [0.2, 0.25) is 0 Å². The number of carboxylic acid groups (broad SMARTS) is 1. The number of rotatable bonds is 4. The van der Waals surface area contributed by atoms with E-state index in [4.69, 9.17) is 14.3 Å². The lowest BCUT2D eigenvalue weighted by atomic mass is 10.4. The third-order valence-electron chi connectivity index (χ3n) is 1.89. The van der Waals surface area contributed by atoms with Crippen LogP contribution >= 0.6 is 27.3 Å². The molecule has 2 aromatic heterocycles. The predicted octanol–water partition coefficient (Wildman–Crippen LogP) is 3.26. The van der Waals surface area contributed by atoms with E-state index < -0.39 is 5.97 Å². The molecular formula is C10H8BrNO4S. The highest BCUT2D eigenvalue weighted by molar-refractivity contribution is 9.10. The molecule has 0 fully saturated rings. The van der Waals surface area contributed by atoms with Gasteiger partial charge in [-0.25, -0.2) is 4.79 Å². The zero-order valence-corrected chi connectivity index (χ0v) is 11.2. The fourth-order valence-corrected chi connectivity index (χ4v) is 2.68. The minimum atomic E-state index is -1.17. The van der Waals surface area contributed by atoms with Gasteiger partial charge < -0.3 is 14.3 Å². The van der Waals surface area contributed by atoms with E-state index in [-0.39, 0.29) is 17.5 Å². The van der Waals surface area contributed by atoms with E-state index in [0.29, 0.717) is 6.61 Å². The molecule has 0 saturated carbocycles. The van der Waals surface area contributed by atoms with E-state index in [9.17, 15) is 4.79 Å². The minimum absolute atomic E-state index is 0.0599. The summed E-state index contributed by atoms with van der Waals surface area (Å²) in [5.74, 6) is -0.987. The first kappa shape index (κ1) is 12.1. The number of aromatic nitrogens is 1. The topological polar surface area (TPSA) is 72.6 Å². The molecule has 0 aliphatic heterocycles. The average Bonchev–Trinajstić information content (AvgIpc) is 2.84. The molecule has 5 nitrogen and oxygen atoms in total. The number of ether oxygens (including phenoxy) is 1. The zero-order valence-electron chi connectivity index (χ0n) is 8.77. The molecule has 2 aromatic rings. The number of oxazole rings is 1. The third-order valence-corrected chi connectivity index (χ3v) is 3.71. The molecule has 17 heavy (non-hydrogen) atoms. The highest BCUT2D eigenvalue weighted by atomic mass is 79.9. The van der Waals surface area contributed by atoms with Crippen LogP contribution in [-0.4, -0.2) is 22.7 Å². The molecule has 7 heteroatoms. The number of nitrogens with zero attached hydrogens (tertiary/aromatic N) is 1. The summed E-state index contributed by atoms with van der Waals surface area (Å²) in [6.45, 7) is 2.06. The highest BCUT2D eigenvalue weighted by Gasteiger charge is 2.23. The molecule has 0 aromatic carbocycles.